The molecule has 3 aliphatic rings. The first-order chi connectivity index (χ1) is 21.6. The van der Waals surface area contributed by atoms with Crippen molar-refractivity contribution in [2.45, 2.75) is 37.1 Å². The minimum absolute atomic E-state index is 0.0176. The number of halogens is 4. The van der Waals surface area contributed by atoms with Crippen molar-refractivity contribution in [1.29, 1.82) is 0 Å². The number of carbonyl (C=O) groups excluding carboxylic acids is 2. The number of fused-ring (bicyclic) bond motifs is 2. The number of methoxy groups -OCH3 is 2. The molecule has 3 aliphatic heterocycles. The quantitative estimate of drug-likeness (QED) is 0.358. The van der Waals surface area contributed by atoms with Gasteiger partial charge in [-0.25, -0.2) is 13.8 Å². The Kier molecular flexibility index (Phi) is 8.16. The van der Waals surface area contributed by atoms with E-state index in [1.165, 1.54) is 43.4 Å². The lowest BCUT2D eigenvalue weighted by molar-refractivity contribution is -0.118. The Morgan fingerprint density at radius 3 is 2.24 bits per heavy atom. The average molecular weight is 630 g/mol. The molecule has 0 unspecified atom stereocenters. The van der Waals surface area contributed by atoms with Gasteiger partial charge in [0.25, 0.3) is 11.8 Å². The molecule has 0 radical (unpaired) electrons. The topological polar surface area (TPSA) is 96.5 Å². The summed E-state index contributed by atoms with van der Waals surface area (Å²) in [7, 11) is 4.77. The fourth-order valence-corrected chi connectivity index (χ4v) is 6.47. The largest absolute Gasteiger partial charge is 0.497 e. The number of nitrogens with zero attached hydrogens (tertiary/aromatic N) is 4. The van der Waals surface area contributed by atoms with E-state index < -0.39 is 47.6 Å². The van der Waals surface area contributed by atoms with Crippen LogP contribution in [0.1, 0.15) is 28.3 Å². The minimum atomic E-state index is -3.05. The zero-order valence-corrected chi connectivity index (χ0v) is 24.7. The number of likely N-dealkylation sites (N-methyl/N-ethyl adjacent to an activating group) is 1. The smallest absolute Gasteiger partial charge is 0.387 e. The lowest BCUT2D eigenvalue weighted by atomic mass is 9.92. The predicted molar refractivity (Wildman–Crippen MR) is 155 cm³/mol. The highest BCUT2D eigenvalue weighted by Gasteiger charge is 2.47. The maximum Gasteiger partial charge on any atom is 0.387 e. The Balaban J connectivity index is 1.35. The number of likely N-dealkylation sites (tertiary alicyclic amines) is 1. The molecule has 3 fully saturated rings. The van der Waals surface area contributed by atoms with Crippen LogP contribution in [-0.2, 0) is 4.79 Å². The van der Waals surface area contributed by atoms with Crippen molar-refractivity contribution in [1.82, 2.24) is 15.2 Å². The van der Waals surface area contributed by atoms with Crippen LogP contribution >= 0.6 is 0 Å². The summed E-state index contributed by atoms with van der Waals surface area (Å²) < 4.78 is 70.9. The minimum Gasteiger partial charge on any atom is -0.497 e. The predicted octanol–water partition coefficient (Wildman–Crippen LogP) is 3.80. The first-order valence-corrected chi connectivity index (χ1v) is 14.3. The second-order valence-corrected chi connectivity index (χ2v) is 11.2. The molecule has 45 heavy (non-hydrogen) atoms. The number of anilines is 2. The van der Waals surface area contributed by atoms with Crippen LogP contribution in [0.5, 0.6) is 17.2 Å². The zero-order chi connectivity index (χ0) is 32.0. The number of rotatable bonds is 9. The van der Waals surface area contributed by atoms with Gasteiger partial charge in [-0.15, -0.1) is 0 Å². The first kappa shape index (κ1) is 30.4. The summed E-state index contributed by atoms with van der Waals surface area (Å²) in [4.78, 5) is 37.9. The second-order valence-electron chi connectivity index (χ2n) is 11.2. The van der Waals surface area contributed by atoms with Gasteiger partial charge in [-0.05, 0) is 49.9 Å². The number of aromatic nitrogens is 1. The van der Waals surface area contributed by atoms with Crippen LogP contribution in [0.15, 0.2) is 48.5 Å². The highest BCUT2D eigenvalue weighted by Crippen LogP contribution is 2.41. The van der Waals surface area contributed by atoms with Gasteiger partial charge in [0.05, 0.1) is 14.2 Å². The summed E-state index contributed by atoms with van der Waals surface area (Å²) >= 11 is 0. The summed E-state index contributed by atoms with van der Waals surface area (Å²) in [6, 6.07) is 9.56. The molecule has 0 spiro atoms. The Labute approximate surface area is 256 Å². The van der Waals surface area contributed by atoms with Crippen LogP contribution in [0.25, 0.3) is 0 Å². The molecule has 238 valence electrons. The molecule has 0 saturated carbocycles. The van der Waals surface area contributed by atoms with Gasteiger partial charge in [-0.2, -0.15) is 8.78 Å². The standard InChI is InChI=1S/C31H31F4N5O5/c1-38-13-18-10-17(38)14-39(18)25-9-8-24(44-3)28(36-25)40-15-21(26-22(32)11-20(43-2)12-23(26)33)27(30(40)42)37-29(41)16-4-6-19(7-5-16)45-31(34)35/h4-9,11-12,17-18,21,27,31H,10,13-15H2,1-3H3,(H,37,41)/t17-,18-,21-,27-/m0/s1. The third kappa shape index (κ3) is 5.70. The van der Waals surface area contributed by atoms with Gasteiger partial charge in [-0.3, -0.25) is 19.4 Å². The summed E-state index contributed by atoms with van der Waals surface area (Å²) in [5.41, 5.74) is -0.392. The summed E-state index contributed by atoms with van der Waals surface area (Å²) in [6.45, 7) is -1.64. The van der Waals surface area contributed by atoms with Gasteiger partial charge in [0, 0.05) is 60.9 Å². The SMILES string of the molecule is COc1cc(F)c([C@@H]2CN(c3nc(N4C[C@@H]5C[C@H]4CN5C)ccc3OC)C(=O)[C@H]2NC(=O)c2ccc(OC(F)F)cc2)c(F)c1. The van der Waals surface area contributed by atoms with Crippen molar-refractivity contribution in [2.75, 3.05) is 50.7 Å². The molecule has 10 nitrogen and oxygen atoms in total. The van der Waals surface area contributed by atoms with E-state index in [2.05, 4.69) is 26.9 Å². The van der Waals surface area contributed by atoms with Gasteiger partial charge in [0.1, 0.15) is 35.0 Å². The third-order valence-electron chi connectivity index (χ3n) is 8.71. The van der Waals surface area contributed by atoms with Crippen LogP contribution < -0.4 is 29.3 Å². The van der Waals surface area contributed by atoms with E-state index >= 15 is 8.78 Å². The number of nitrogens with one attached hydrogen (secondary N) is 1. The molecule has 0 aliphatic carbocycles. The second kappa shape index (κ2) is 12.1. The highest BCUT2D eigenvalue weighted by atomic mass is 19.3. The van der Waals surface area contributed by atoms with E-state index in [-0.39, 0.29) is 41.2 Å². The van der Waals surface area contributed by atoms with Gasteiger partial charge < -0.3 is 24.4 Å². The summed E-state index contributed by atoms with van der Waals surface area (Å²) in [6.07, 6.45) is 0.990. The normalized spacial score (nSPS) is 22.8. The molecule has 1 N–H and O–H groups in total. The fourth-order valence-electron chi connectivity index (χ4n) is 6.47. The monoisotopic (exact) mass is 629 g/mol. The number of benzene rings is 2. The summed E-state index contributed by atoms with van der Waals surface area (Å²) in [5, 5.41) is 2.60. The maximum atomic E-state index is 15.4. The number of hydrogen-bond acceptors (Lipinski definition) is 8. The molecule has 3 saturated heterocycles. The van der Waals surface area contributed by atoms with Gasteiger partial charge in [0.15, 0.2) is 11.6 Å². The van der Waals surface area contributed by atoms with Crippen LogP contribution in [0.4, 0.5) is 29.2 Å². The van der Waals surface area contributed by atoms with E-state index in [0.717, 1.165) is 31.6 Å². The lowest BCUT2D eigenvalue weighted by Crippen LogP contribution is -2.45. The summed E-state index contributed by atoms with van der Waals surface area (Å²) in [5.74, 6) is -3.67. The molecule has 4 atom stereocenters. The van der Waals surface area contributed by atoms with Gasteiger partial charge in [0.2, 0.25) is 0 Å². The van der Waals surface area contributed by atoms with Crippen LogP contribution in [0, 0.1) is 11.6 Å². The molecule has 4 heterocycles. The van der Waals surface area contributed by atoms with Gasteiger partial charge >= 0.3 is 6.61 Å². The van der Waals surface area contributed by atoms with E-state index in [1.54, 1.807) is 6.07 Å². The number of pyridine rings is 1. The van der Waals surface area contributed by atoms with Crippen molar-refractivity contribution in [3.63, 3.8) is 0 Å². The Morgan fingerprint density at radius 1 is 0.956 bits per heavy atom. The van der Waals surface area contributed by atoms with Crippen LogP contribution in [-0.4, -0.2) is 87.3 Å². The van der Waals surface area contributed by atoms with E-state index in [4.69, 9.17) is 14.5 Å². The van der Waals surface area contributed by atoms with Crippen molar-refractivity contribution in [3.8, 4) is 17.2 Å². The fraction of sp³-hybridized carbons (Fsp3) is 0.387. The molecular weight excluding hydrogens is 598 g/mol. The van der Waals surface area contributed by atoms with Crippen LogP contribution in [0.2, 0.25) is 0 Å². The highest BCUT2D eigenvalue weighted by molar-refractivity contribution is 6.05. The molecule has 2 bridgehead atoms. The van der Waals surface area contributed by atoms with E-state index in [9.17, 15) is 18.4 Å². The number of hydrogen-bond donors (Lipinski definition) is 1. The lowest BCUT2D eigenvalue weighted by Gasteiger charge is -2.33. The van der Waals surface area contributed by atoms with Crippen LogP contribution in [0.3, 0.4) is 0 Å². The number of piperazine rings is 1. The number of ether oxygens (including phenoxy) is 3. The first-order valence-electron chi connectivity index (χ1n) is 14.3. The zero-order valence-electron chi connectivity index (χ0n) is 24.7. The maximum absolute atomic E-state index is 15.4. The van der Waals surface area contributed by atoms with Crippen molar-refractivity contribution in [3.05, 3.63) is 71.3 Å². The Hall–Kier alpha value is -4.59. The Bertz CT molecular complexity index is 1580. The average Bonchev–Trinajstić information content (AvgIpc) is 3.69. The van der Waals surface area contributed by atoms with Crippen molar-refractivity contribution < 1.29 is 41.4 Å². The van der Waals surface area contributed by atoms with E-state index in [0.29, 0.717) is 11.9 Å². The molecule has 1 aromatic heterocycles. The van der Waals surface area contributed by atoms with Crippen molar-refractivity contribution in [2.24, 2.45) is 0 Å². The van der Waals surface area contributed by atoms with Crippen molar-refractivity contribution >= 4 is 23.5 Å². The molecule has 14 heteroatoms. The number of carbonyl (C=O) groups is 2. The Morgan fingerprint density at radius 2 is 1.67 bits per heavy atom. The third-order valence-corrected chi connectivity index (χ3v) is 8.71. The molecule has 6 rings (SSSR count). The van der Waals surface area contributed by atoms with E-state index in [1.807, 2.05) is 6.07 Å². The molecule has 2 amide bonds. The van der Waals surface area contributed by atoms with Gasteiger partial charge in [-0.1, -0.05) is 0 Å². The number of alkyl halides is 2. The molecular formula is C31H31F4N5O5. The molecule has 2 aromatic carbocycles. The number of amides is 2. The molecule has 3 aromatic rings.